The highest BCUT2D eigenvalue weighted by atomic mass is 32.2. The van der Waals surface area contributed by atoms with Crippen molar-refractivity contribution in [1.82, 2.24) is 20.1 Å². The summed E-state index contributed by atoms with van der Waals surface area (Å²) in [5.41, 5.74) is 3.60. The van der Waals surface area contributed by atoms with Crippen molar-refractivity contribution in [3.63, 3.8) is 0 Å². The fourth-order valence-corrected chi connectivity index (χ4v) is 5.15. The van der Waals surface area contributed by atoms with Gasteiger partial charge in [0.1, 0.15) is 0 Å². The van der Waals surface area contributed by atoms with E-state index >= 15 is 0 Å². The van der Waals surface area contributed by atoms with Crippen molar-refractivity contribution in [1.29, 1.82) is 0 Å². The molecule has 6 nitrogen and oxygen atoms in total. The number of hydrogen-bond acceptors (Lipinski definition) is 6. The van der Waals surface area contributed by atoms with E-state index < -0.39 is 0 Å². The molecule has 3 aromatic rings. The number of rotatable bonds is 8. The number of hydrogen-bond donors (Lipinski definition) is 1. The van der Waals surface area contributed by atoms with Crippen LogP contribution in [0.4, 0.5) is 0 Å². The molecule has 0 saturated carbocycles. The van der Waals surface area contributed by atoms with Gasteiger partial charge in [0.2, 0.25) is 5.91 Å². The predicted octanol–water partition coefficient (Wildman–Crippen LogP) is 4.77. The topological polar surface area (TPSA) is 69.0 Å². The number of aryl methyl sites for hydroxylation is 2. The maximum Gasteiger partial charge on any atom is 0.230 e. The molecule has 1 aliphatic heterocycles. The number of nitrogens with one attached hydrogen (secondary N) is 1. The van der Waals surface area contributed by atoms with Crippen LogP contribution < -0.4 is 5.32 Å². The van der Waals surface area contributed by atoms with E-state index in [2.05, 4.69) is 52.1 Å². The number of aromatic nitrogens is 3. The van der Waals surface area contributed by atoms with E-state index in [-0.39, 0.29) is 18.1 Å². The molecule has 4 rings (SSSR count). The first-order valence-corrected chi connectivity index (χ1v) is 12.5. The molecule has 1 amide bonds. The zero-order valence-corrected chi connectivity index (χ0v) is 19.8. The van der Waals surface area contributed by atoms with Gasteiger partial charge in [-0.15, -0.1) is 21.5 Å². The highest BCUT2D eigenvalue weighted by Crippen LogP contribution is 2.29. The van der Waals surface area contributed by atoms with Crippen molar-refractivity contribution in [2.24, 2.45) is 0 Å². The van der Waals surface area contributed by atoms with E-state index in [0.717, 1.165) is 40.9 Å². The summed E-state index contributed by atoms with van der Waals surface area (Å²) in [6.45, 7) is 7.72. The average Bonchev–Trinajstić information content (AvgIpc) is 3.51. The molecule has 2 unspecified atom stereocenters. The van der Waals surface area contributed by atoms with Gasteiger partial charge in [0.25, 0.3) is 0 Å². The van der Waals surface area contributed by atoms with Gasteiger partial charge in [0.15, 0.2) is 11.0 Å². The van der Waals surface area contributed by atoms with Crippen LogP contribution in [0.15, 0.2) is 40.9 Å². The summed E-state index contributed by atoms with van der Waals surface area (Å²) < 4.78 is 7.94. The molecule has 0 aliphatic carbocycles. The first-order valence-electron chi connectivity index (χ1n) is 10.6. The highest BCUT2D eigenvalue weighted by molar-refractivity contribution is 7.99. The van der Waals surface area contributed by atoms with Crippen LogP contribution in [0.5, 0.6) is 0 Å². The van der Waals surface area contributed by atoms with Crippen LogP contribution in [-0.2, 0) is 16.1 Å². The molecule has 1 aromatic carbocycles. The SMILES string of the molecule is Cc1ccc(C(C)NC(=O)CSc2nnc(-c3cccs3)n2CC2CCCO2)cc1C. The molecule has 2 aromatic heterocycles. The Hall–Kier alpha value is -2.16. The summed E-state index contributed by atoms with van der Waals surface area (Å²) >= 11 is 3.07. The number of carbonyl (C=O) groups is 1. The standard InChI is InChI=1S/C23H28N4O2S2/c1-15-8-9-18(12-16(15)2)17(3)24-21(28)14-31-23-26-25-22(20-7-5-11-30-20)27(23)13-19-6-4-10-29-19/h5,7-9,11-12,17,19H,4,6,10,13-14H2,1-3H3,(H,24,28). The van der Waals surface area contributed by atoms with Crippen LogP contribution in [0, 0.1) is 13.8 Å². The van der Waals surface area contributed by atoms with Gasteiger partial charge >= 0.3 is 0 Å². The second-order valence-corrected chi connectivity index (χ2v) is 9.84. The molecule has 0 radical (unpaired) electrons. The molecule has 164 valence electrons. The summed E-state index contributed by atoms with van der Waals surface area (Å²) in [5.74, 6) is 1.13. The molecule has 0 spiro atoms. The Morgan fingerprint density at radius 3 is 2.90 bits per heavy atom. The number of amides is 1. The molecular formula is C23H28N4O2S2. The van der Waals surface area contributed by atoms with Crippen LogP contribution in [0.1, 0.15) is 42.5 Å². The van der Waals surface area contributed by atoms with E-state index in [1.807, 2.05) is 24.4 Å². The quantitative estimate of drug-likeness (QED) is 0.495. The monoisotopic (exact) mass is 456 g/mol. The Bertz CT molecular complexity index is 1030. The summed E-state index contributed by atoms with van der Waals surface area (Å²) in [4.78, 5) is 13.7. The molecule has 1 saturated heterocycles. The Morgan fingerprint density at radius 1 is 1.32 bits per heavy atom. The maximum absolute atomic E-state index is 12.6. The van der Waals surface area contributed by atoms with E-state index in [9.17, 15) is 4.79 Å². The van der Waals surface area contributed by atoms with Gasteiger partial charge in [-0.3, -0.25) is 9.36 Å². The van der Waals surface area contributed by atoms with Gasteiger partial charge in [0, 0.05) is 6.61 Å². The number of benzene rings is 1. The maximum atomic E-state index is 12.6. The average molecular weight is 457 g/mol. The van der Waals surface area contributed by atoms with Crippen molar-refractivity contribution in [3.8, 4) is 10.7 Å². The molecule has 1 fully saturated rings. The van der Waals surface area contributed by atoms with Gasteiger partial charge in [-0.1, -0.05) is 36.0 Å². The van der Waals surface area contributed by atoms with Crippen molar-refractivity contribution in [2.45, 2.75) is 57.5 Å². The lowest BCUT2D eigenvalue weighted by atomic mass is 10.0. The molecule has 8 heteroatoms. The van der Waals surface area contributed by atoms with Gasteiger partial charge in [0.05, 0.1) is 29.3 Å². The Labute approximate surface area is 191 Å². The normalized spacial score (nSPS) is 17.1. The van der Waals surface area contributed by atoms with E-state index in [0.29, 0.717) is 12.3 Å². The minimum Gasteiger partial charge on any atom is -0.376 e. The molecule has 31 heavy (non-hydrogen) atoms. The van der Waals surface area contributed by atoms with Gasteiger partial charge < -0.3 is 10.1 Å². The molecule has 1 N–H and O–H groups in total. The number of ether oxygens (including phenoxy) is 1. The number of carbonyl (C=O) groups excluding carboxylic acids is 1. The Balaban J connectivity index is 1.42. The summed E-state index contributed by atoms with van der Waals surface area (Å²) in [7, 11) is 0. The number of thiophene rings is 1. The van der Waals surface area contributed by atoms with Crippen LogP contribution >= 0.6 is 23.1 Å². The fraction of sp³-hybridized carbons (Fsp3) is 0.435. The minimum absolute atomic E-state index is 0.0138. The van der Waals surface area contributed by atoms with Crippen molar-refractivity contribution in [3.05, 3.63) is 52.4 Å². The molecule has 1 aliphatic rings. The third kappa shape index (κ3) is 5.37. The van der Waals surface area contributed by atoms with Crippen LogP contribution in [0.25, 0.3) is 10.7 Å². The third-order valence-electron chi connectivity index (χ3n) is 5.61. The van der Waals surface area contributed by atoms with Crippen LogP contribution in [0.3, 0.4) is 0 Å². The molecule has 0 bridgehead atoms. The Morgan fingerprint density at radius 2 is 2.19 bits per heavy atom. The van der Waals surface area contributed by atoms with Crippen LogP contribution in [0.2, 0.25) is 0 Å². The summed E-state index contributed by atoms with van der Waals surface area (Å²) in [5, 5.41) is 14.7. The number of nitrogens with zero attached hydrogens (tertiary/aromatic N) is 3. The Kier molecular flexibility index (Phi) is 7.09. The van der Waals surface area contributed by atoms with E-state index in [1.165, 1.54) is 22.9 Å². The number of thioether (sulfide) groups is 1. The van der Waals surface area contributed by atoms with Gasteiger partial charge in [-0.05, 0) is 61.7 Å². The van der Waals surface area contributed by atoms with Crippen molar-refractivity contribution < 1.29 is 9.53 Å². The van der Waals surface area contributed by atoms with Crippen molar-refractivity contribution in [2.75, 3.05) is 12.4 Å². The van der Waals surface area contributed by atoms with Gasteiger partial charge in [-0.25, -0.2) is 0 Å². The zero-order valence-electron chi connectivity index (χ0n) is 18.1. The van der Waals surface area contributed by atoms with E-state index in [4.69, 9.17) is 4.74 Å². The smallest absolute Gasteiger partial charge is 0.230 e. The highest BCUT2D eigenvalue weighted by Gasteiger charge is 2.23. The lowest BCUT2D eigenvalue weighted by molar-refractivity contribution is -0.119. The predicted molar refractivity (Wildman–Crippen MR) is 126 cm³/mol. The largest absolute Gasteiger partial charge is 0.376 e. The third-order valence-corrected chi connectivity index (χ3v) is 7.44. The molecular weight excluding hydrogens is 428 g/mol. The first-order chi connectivity index (χ1) is 15.0. The minimum atomic E-state index is -0.0427. The summed E-state index contributed by atoms with van der Waals surface area (Å²) in [6, 6.07) is 10.3. The van der Waals surface area contributed by atoms with Crippen LogP contribution in [-0.4, -0.2) is 39.1 Å². The van der Waals surface area contributed by atoms with E-state index in [1.54, 1.807) is 11.3 Å². The first kappa shape index (κ1) is 22.0. The molecule has 2 atom stereocenters. The van der Waals surface area contributed by atoms with Crippen molar-refractivity contribution >= 4 is 29.0 Å². The lowest BCUT2D eigenvalue weighted by Crippen LogP contribution is -2.28. The second-order valence-electron chi connectivity index (χ2n) is 7.95. The zero-order chi connectivity index (χ0) is 21.8. The fourth-order valence-electron chi connectivity index (χ4n) is 3.67. The second kappa shape index (κ2) is 9.97. The van der Waals surface area contributed by atoms with Gasteiger partial charge in [-0.2, -0.15) is 0 Å². The summed E-state index contributed by atoms with van der Waals surface area (Å²) in [6.07, 6.45) is 2.30. The lowest BCUT2D eigenvalue weighted by Gasteiger charge is -2.16. The molecule has 3 heterocycles.